The number of rotatable bonds is 3. The Morgan fingerprint density at radius 2 is 1.30 bits per heavy atom. The minimum absolute atomic E-state index is 0.623. The minimum Gasteiger partial charge on any atom is -0.183 e. The molecule has 20 heavy (non-hydrogen) atoms. The largest absolute Gasteiger partial charge is 0.349 e. The Kier molecular flexibility index (Phi) is 3.72. The molecule has 1 aliphatic rings. The van der Waals surface area contributed by atoms with Crippen molar-refractivity contribution in [3.63, 3.8) is 0 Å². The fourth-order valence-corrected chi connectivity index (χ4v) is 5.62. The van der Waals surface area contributed by atoms with Crippen LogP contribution in [0.2, 0.25) is 0 Å². The van der Waals surface area contributed by atoms with Gasteiger partial charge >= 0.3 is 4.27 Å². The van der Waals surface area contributed by atoms with Crippen LogP contribution in [0.25, 0.3) is 0 Å². The lowest BCUT2D eigenvalue weighted by Crippen LogP contribution is -2.63. The first-order chi connectivity index (χ1) is 9.49. The Morgan fingerprint density at radius 3 is 1.80 bits per heavy atom. The van der Waals surface area contributed by atoms with Crippen molar-refractivity contribution in [2.75, 3.05) is 0 Å². The molecule has 104 valence electrons. The van der Waals surface area contributed by atoms with Crippen LogP contribution in [-0.2, 0) is 8.55 Å². The van der Waals surface area contributed by atoms with E-state index in [0.29, 0.717) is 5.56 Å². The molecule has 4 nitrogen and oxygen atoms in total. The number of thioether (sulfide) groups is 2. The number of fused-ring (bicyclic) bond motifs is 1. The van der Waals surface area contributed by atoms with Gasteiger partial charge in [-0.05, 0) is 12.1 Å². The Bertz CT molecular complexity index is 590. The summed E-state index contributed by atoms with van der Waals surface area (Å²) in [5.41, 5.74) is 0.623. The maximum absolute atomic E-state index is 11.1. The monoisotopic (exact) mass is 328 g/mol. The van der Waals surface area contributed by atoms with Gasteiger partial charge in [0.2, 0.25) is 0 Å². The molecule has 0 aliphatic carbocycles. The normalized spacial score (nSPS) is 16.9. The smallest absolute Gasteiger partial charge is 0.183 e. The van der Waals surface area contributed by atoms with E-state index in [0.717, 1.165) is 9.79 Å². The average molecular weight is 329 g/mol. The SMILES string of the molecule is [O-][Cl+3]([O-])([O-])OC1(c2ccccc2)Sc2ccccc2S1. The molecule has 1 heterocycles. The summed E-state index contributed by atoms with van der Waals surface area (Å²) in [6, 6.07) is 16.3. The molecule has 0 radical (unpaired) electrons. The highest BCUT2D eigenvalue weighted by Gasteiger charge is 2.54. The minimum atomic E-state index is -4.53. The summed E-state index contributed by atoms with van der Waals surface area (Å²) in [7, 11) is -4.53. The molecule has 0 bridgehead atoms. The molecule has 0 aromatic heterocycles. The van der Waals surface area contributed by atoms with Gasteiger partial charge in [-0.3, -0.25) is 0 Å². The number of benzene rings is 2. The van der Waals surface area contributed by atoms with E-state index in [4.69, 9.17) is 4.29 Å². The Hall–Kier alpha value is -0.730. The number of hydrogen-bond donors (Lipinski definition) is 0. The van der Waals surface area contributed by atoms with Crippen molar-refractivity contribution >= 4 is 23.5 Å². The molecule has 0 atom stereocenters. The van der Waals surface area contributed by atoms with E-state index >= 15 is 0 Å². The third-order valence-electron chi connectivity index (χ3n) is 2.66. The zero-order valence-electron chi connectivity index (χ0n) is 10.0. The van der Waals surface area contributed by atoms with E-state index in [9.17, 15) is 14.0 Å². The number of halogens is 1. The van der Waals surface area contributed by atoms with Crippen LogP contribution in [0, 0.1) is 10.2 Å². The summed E-state index contributed by atoms with van der Waals surface area (Å²) < 4.78 is 36.8. The Balaban J connectivity index is 2.04. The van der Waals surface area contributed by atoms with Gasteiger partial charge in [0.05, 0.1) is 10.2 Å². The van der Waals surface area contributed by atoms with Crippen LogP contribution in [0.5, 0.6) is 0 Å². The van der Waals surface area contributed by atoms with Gasteiger partial charge in [-0.1, -0.05) is 66.0 Å². The Labute approximate surface area is 126 Å². The quantitative estimate of drug-likeness (QED) is 0.821. The summed E-state index contributed by atoms with van der Waals surface area (Å²) in [5.74, 6) is 0. The lowest BCUT2D eigenvalue weighted by Gasteiger charge is -2.24. The van der Waals surface area contributed by atoms with E-state index < -0.39 is 14.5 Å². The second-order valence-electron chi connectivity index (χ2n) is 4.03. The topological polar surface area (TPSA) is 78.4 Å². The number of hydrogen-bond acceptors (Lipinski definition) is 6. The van der Waals surface area contributed by atoms with Crippen LogP contribution in [0.4, 0.5) is 0 Å². The molecule has 0 spiro atoms. The van der Waals surface area contributed by atoms with E-state index in [1.807, 2.05) is 30.3 Å². The van der Waals surface area contributed by atoms with Gasteiger partial charge in [0, 0.05) is 15.4 Å². The van der Waals surface area contributed by atoms with Crippen LogP contribution in [0.3, 0.4) is 0 Å². The highest BCUT2D eigenvalue weighted by atomic mass is 35.7. The maximum atomic E-state index is 11.1. The van der Waals surface area contributed by atoms with Gasteiger partial charge in [-0.15, -0.1) is 0 Å². The fraction of sp³-hybridized carbons (Fsp3) is 0.0769. The van der Waals surface area contributed by atoms with Crippen molar-refractivity contribution in [3.8, 4) is 0 Å². The molecular weight excluding hydrogens is 320 g/mol. The molecule has 7 heteroatoms. The molecule has 0 saturated carbocycles. The second-order valence-corrected chi connectivity index (χ2v) is 7.63. The molecule has 0 amide bonds. The molecule has 2 aromatic rings. The fourth-order valence-electron chi connectivity index (χ4n) is 1.89. The van der Waals surface area contributed by atoms with Crippen molar-refractivity contribution in [2.45, 2.75) is 14.1 Å². The van der Waals surface area contributed by atoms with Gasteiger partial charge in [0.25, 0.3) is 0 Å². The van der Waals surface area contributed by atoms with Crippen molar-refractivity contribution in [1.29, 1.82) is 0 Å². The molecule has 0 N–H and O–H groups in total. The third-order valence-corrected chi connectivity index (χ3v) is 6.22. The van der Waals surface area contributed by atoms with Gasteiger partial charge in [-0.2, -0.15) is 14.0 Å². The first-order valence-electron chi connectivity index (χ1n) is 5.63. The molecule has 0 saturated heterocycles. The van der Waals surface area contributed by atoms with E-state index in [1.165, 1.54) is 23.5 Å². The highest BCUT2D eigenvalue weighted by molar-refractivity contribution is 8.19. The predicted octanol–water partition coefficient (Wildman–Crippen LogP) is 0.609. The first kappa shape index (κ1) is 14.2. The van der Waals surface area contributed by atoms with Gasteiger partial charge in [-0.25, -0.2) is 0 Å². The van der Waals surface area contributed by atoms with Crippen molar-refractivity contribution in [1.82, 2.24) is 0 Å². The lowest BCUT2D eigenvalue weighted by molar-refractivity contribution is -1.92. The molecule has 1 aliphatic heterocycles. The molecule has 2 aromatic carbocycles. The van der Waals surface area contributed by atoms with E-state index in [1.54, 1.807) is 24.3 Å². The first-order valence-corrected chi connectivity index (χ1v) is 8.49. The predicted molar refractivity (Wildman–Crippen MR) is 67.4 cm³/mol. The Morgan fingerprint density at radius 1 is 0.800 bits per heavy atom. The van der Waals surface area contributed by atoms with Crippen LogP contribution in [0.15, 0.2) is 64.4 Å². The molecule has 3 rings (SSSR count). The summed E-state index contributed by atoms with van der Waals surface area (Å²) in [6.45, 7) is 0. The van der Waals surface area contributed by atoms with Crippen LogP contribution in [-0.4, -0.2) is 0 Å². The summed E-state index contributed by atoms with van der Waals surface area (Å²) in [6.07, 6.45) is 0. The van der Waals surface area contributed by atoms with Crippen molar-refractivity contribution in [2.24, 2.45) is 0 Å². The summed E-state index contributed by atoms with van der Waals surface area (Å²) in [4.78, 5) is 1.78. The third kappa shape index (κ3) is 2.82. The van der Waals surface area contributed by atoms with Crippen LogP contribution >= 0.6 is 23.5 Å². The average Bonchev–Trinajstić information content (AvgIpc) is 2.76. The molecule has 0 fully saturated rings. The highest BCUT2D eigenvalue weighted by Crippen LogP contribution is 2.62. The molecular formula is C13H9ClO4S2. The summed E-state index contributed by atoms with van der Waals surface area (Å²) in [5, 5.41) is 0. The van der Waals surface area contributed by atoms with Crippen molar-refractivity contribution < 1.29 is 28.5 Å². The molecule has 0 unspecified atom stereocenters. The zero-order chi connectivity index (χ0) is 14.2. The summed E-state index contributed by atoms with van der Waals surface area (Å²) >= 11 is 2.44. The maximum Gasteiger partial charge on any atom is 0.349 e. The second kappa shape index (κ2) is 5.23. The van der Waals surface area contributed by atoms with E-state index in [-0.39, 0.29) is 0 Å². The zero-order valence-corrected chi connectivity index (χ0v) is 12.4. The van der Waals surface area contributed by atoms with E-state index in [2.05, 4.69) is 0 Å². The van der Waals surface area contributed by atoms with Crippen molar-refractivity contribution in [3.05, 3.63) is 60.2 Å². The standard InChI is InChI=1S/C13H9ClO4S2/c15-14(16,17)18-13(10-6-2-1-3-7-10)19-11-8-4-5-9-12(11)20-13/h1-9H. The van der Waals surface area contributed by atoms with Crippen LogP contribution < -0.4 is 14.0 Å². The van der Waals surface area contributed by atoms with Gasteiger partial charge in [0.15, 0.2) is 0 Å². The van der Waals surface area contributed by atoms with Gasteiger partial charge in [0.1, 0.15) is 4.29 Å². The van der Waals surface area contributed by atoms with Gasteiger partial charge < -0.3 is 0 Å². The lowest BCUT2D eigenvalue weighted by atomic mass is 10.2. The van der Waals surface area contributed by atoms with Crippen LogP contribution in [0.1, 0.15) is 5.56 Å².